The molecule has 0 aromatic heterocycles. The van der Waals surface area contributed by atoms with Crippen molar-refractivity contribution in [1.29, 1.82) is 5.41 Å². The molecule has 0 aliphatic carbocycles. The van der Waals surface area contributed by atoms with Crippen molar-refractivity contribution in [3.63, 3.8) is 0 Å². The number of hydrogen-bond donors (Lipinski definition) is 3. The van der Waals surface area contributed by atoms with E-state index in [9.17, 15) is 4.79 Å². The Labute approximate surface area is 101 Å². The molecule has 4 N–H and O–H groups in total. The van der Waals surface area contributed by atoms with Crippen LogP contribution in [-0.2, 0) is 0 Å². The lowest BCUT2D eigenvalue weighted by Gasteiger charge is -2.21. The van der Waals surface area contributed by atoms with E-state index in [4.69, 9.17) is 11.1 Å². The Bertz CT molecular complexity index is 377. The molecule has 0 heterocycles. The maximum Gasteiger partial charge on any atom is 0.321 e. The summed E-state index contributed by atoms with van der Waals surface area (Å²) in [5, 5.41) is 9.94. The summed E-state index contributed by atoms with van der Waals surface area (Å²) in [5.74, 6) is 0.0935. The number of amides is 2. The molecule has 0 saturated carbocycles. The predicted octanol–water partition coefficient (Wildman–Crippen LogP) is 1.87. The Morgan fingerprint density at radius 2 is 2.06 bits per heavy atom. The summed E-state index contributed by atoms with van der Waals surface area (Å²) in [4.78, 5) is 13.5. The standard InChI is InChI=1S/C12H18N4O/c1-2-16(9-8-11(13)14)12(17)15-10-6-4-3-5-7-10/h3-7H,2,8-9H2,1H3,(H3,13,14)(H,15,17). The number of anilines is 1. The van der Waals surface area contributed by atoms with Gasteiger partial charge in [-0.05, 0) is 19.1 Å². The van der Waals surface area contributed by atoms with Gasteiger partial charge in [-0.15, -0.1) is 0 Å². The summed E-state index contributed by atoms with van der Waals surface area (Å²) in [6.07, 6.45) is 0.399. The molecule has 5 nitrogen and oxygen atoms in total. The van der Waals surface area contributed by atoms with Gasteiger partial charge in [0.25, 0.3) is 0 Å². The van der Waals surface area contributed by atoms with E-state index < -0.39 is 0 Å². The smallest absolute Gasteiger partial charge is 0.321 e. The van der Waals surface area contributed by atoms with E-state index in [0.29, 0.717) is 19.5 Å². The van der Waals surface area contributed by atoms with Crippen LogP contribution in [0.3, 0.4) is 0 Å². The summed E-state index contributed by atoms with van der Waals surface area (Å²) in [7, 11) is 0. The van der Waals surface area contributed by atoms with Crippen LogP contribution in [0.5, 0.6) is 0 Å². The molecule has 92 valence electrons. The molecule has 1 rings (SSSR count). The number of hydrogen-bond acceptors (Lipinski definition) is 2. The third-order valence-corrected chi connectivity index (χ3v) is 2.35. The molecule has 17 heavy (non-hydrogen) atoms. The molecule has 2 amide bonds. The van der Waals surface area contributed by atoms with E-state index in [1.807, 2.05) is 37.3 Å². The SMILES string of the molecule is CCN(CCC(=N)N)C(=O)Nc1ccccc1. The van der Waals surface area contributed by atoms with Gasteiger partial charge in [-0.25, -0.2) is 4.79 Å². The Balaban J connectivity index is 2.52. The Morgan fingerprint density at radius 3 is 2.59 bits per heavy atom. The Morgan fingerprint density at radius 1 is 1.41 bits per heavy atom. The lowest BCUT2D eigenvalue weighted by Crippen LogP contribution is -2.36. The van der Waals surface area contributed by atoms with Crippen molar-refractivity contribution in [3.05, 3.63) is 30.3 Å². The van der Waals surface area contributed by atoms with Crippen LogP contribution in [-0.4, -0.2) is 29.9 Å². The van der Waals surface area contributed by atoms with Crippen LogP contribution in [0.25, 0.3) is 0 Å². The van der Waals surface area contributed by atoms with Crippen LogP contribution in [0.4, 0.5) is 10.5 Å². The zero-order chi connectivity index (χ0) is 12.7. The molecule has 0 radical (unpaired) electrons. The van der Waals surface area contributed by atoms with Gasteiger partial charge in [-0.3, -0.25) is 5.41 Å². The van der Waals surface area contributed by atoms with Gasteiger partial charge in [0.05, 0.1) is 5.84 Å². The van der Waals surface area contributed by atoms with Gasteiger partial charge in [0.15, 0.2) is 0 Å². The average molecular weight is 234 g/mol. The molecule has 0 atom stereocenters. The minimum atomic E-state index is -0.167. The fraction of sp³-hybridized carbons (Fsp3) is 0.333. The van der Waals surface area contributed by atoms with Crippen molar-refractivity contribution >= 4 is 17.6 Å². The predicted molar refractivity (Wildman–Crippen MR) is 69.2 cm³/mol. The number of nitrogens with two attached hydrogens (primary N) is 1. The molecule has 0 saturated heterocycles. The molecule has 0 unspecified atom stereocenters. The molecule has 1 aromatic carbocycles. The minimum Gasteiger partial charge on any atom is -0.388 e. The van der Waals surface area contributed by atoms with E-state index in [1.165, 1.54) is 0 Å². The number of carbonyl (C=O) groups excluding carboxylic acids is 1. The first-order valence-electron chi connectivity index (χ1n) is 5.57. The highest BCUT2D eigenvalue weighted by molar-refractivity contribution is 5.89. The molecule has 5 heteroatoms. The first-order valence-corrected chi connectivity index (χ1v) is 5.57. The van der Waals surface area contributed by atoms with Gasteiger partial charge in [0.2, 0.25) is 0 Å². The fourth-order valence-corrected chi connectivity index (χ4v) is 1.38. The molecule has 0 spiro atoms. The van der Waals surface area contributed by atoms with Gasteiger partial charge >= 0.3 is 6.03 Å². The molecular weight excluding hydrogens is 216 g/mol. The number of rotatable bonds is 5. The van der Waals surface area contributed by atoms with E-state index >= 15 is 0 Å². The Hall–Kier alpha value is -2.04. The first kappa shape index (κ1) is 13.0. The monoisotopic (exact) mass is 234 g/mol. The zero-order valence-corrected chi connectivity index (χ0v) is 9.94. The minimum absolute atomic E-state index is 0.0935. The molecule has 1 aromatic rings. The summed E-state index contributed by atoms with van der Waals surface area (Å²) in [5.41, 5.74) is 6.04. The number of carbonyl (C=O) groups is 1. The van der Waals surface area contributed by atoms with Crippen molar-refractivity contribution in [3.8, 4) is 0 Å². The number of nitrogens with one attached hydrogen (secondary N) is 2. The quantitative estimate of drug-likeness (QED) is 0.537. The molecule has 0 aliphatic heterocycles. The van der Waals surface area contributed by atoms with Crippen LogP contribution in [0.15, 0.2) is 30.3 Å². The van der Waals surface area contributed by atoms with Crippen molar-refractivity contribution in [1.82, 2.24) is 4.90 Å². The number of nitrogens with zero attached hydrogens (tertiary/aromatic N) is 1. The third-order valence-electron chi connectivity index (χ3n) is 2.35. The second kappa shape index (κ2) is 6.52. The average Bonchev–Trinajstić information content (AvgIpc) is 2.30. The van der Waals surface area contributed by atoms with Crippen LogP contribution >= 0.6 is 0 Å². The summed E-state index contributed by atoms with van der Waals surface area (Å²) < 4.78 is 0. The number of benzene rings is 1. The maximum atomic E-state index is 11.9. The van der Waals surface area contributed by atoms with Gasteiger partial charge in [0.1, 0.15) is 0 Å². The highest BCUT2D eigenvalue weighted by Crippen LogP contribution is 2.06. The van der Waals surface area contributed by atoms with E-state index in [0.717, 1.165) is 5.69 Å². The fourth-order valence-electron chi connectivity index (χ4n) is 1.38. The topological polar surface area (TPSA) is 82.2 Å². The molecule has 0 fully saturated rings. The maximum absolute atomic E-state index is 11.9. The van der Waals surface area contributed by atoms with Crippen molar-refractivity contribution < 1.29 is 4.79 Å². The van der Waals surface area contributed by atoms with Gasteiger partial charge in [0, 0.05) is 25.2 Å². The Kier molecular flexibility index (Phi) is 5.00. The third kappa shape index (κ3) is 4.55. The largest absolute Gasteiger partial charge is 0.388 e. The number of amidine groups is 1. The van der Waals surface area contributed by atoms with Gasteiger partial charge < -0.3 is 16.0 Å². The number of para-hydroxylation sites is 1. The van der Waals surface area contributed by atoms with E-state index in [2.05, 4.69) is 5.32 Å². The summed E-state index contributed by atoms with van der Waals surface area (Å²) in [6.45, 7) is 2.95. The molecular formula is C12H18N4O. The zero-order valence-electron chi connectivity index (χ0n) is 9.94. The van der Waals surface area contributed by atoms with Gasteiger partial charge in [-0.2, -0.15) is 0 Å². The highest BCUT2D eigenvalue weighted by atomic mass is 16.2. The van der Waals surface area contributed by atoms with Crippen LogP contribution in [0, 0.1) is 5.41 Å². The lowest BCUT2D eigenvalue weighted by molar-refractivity contribution is 0.216. The second-order valence-electron chi connectivity index (χ2n) is 3.65. The first-order chi connectivity index (χ1) is 8.13. The lowest BCUT2D eigenvalue weighted by atomic mass is 10.3. The van der Waals surface area contributed by atoms with Gasteiger partial charge in [-0.1, -0.05) is 18.2 Å². The van der Waals surface area contributed by atoms with Crippen molar-refractivity contribution in [2.45, 2.75) is 13.3 Å². The second-order valence-corrected chi connectivity index (χ2v) is 3.65. The molecule has 0 aliphatic rings. The van der Waals surface area contributed by atoms with Crippen LogP contribution < -0.4 is 11.1 Å². The highest BCUT2D eigenvalue weighted by Gasteiger charge is 2.11. The van der Waals surface area contributed by atoms with E-state index in [1.54, 1.807) is 4.90 Å². The van der Waals surface area contributed by atoms with Crippen molar-refractivity contribution in [2.75, 3.05) is 18.4 Å². The number of urea groups is 1. The van der Waals surface area contributed by atoms with Crippen LogP contribution in [0.1, 0.15) is 13.3 Å². The summed E-state index contributed by atoms with van der Waals surface area (Å²) >= 11 is 0. The normalized spacial score (nSPS) is 9.71. The molecule has 0 bridgehead atoms. The van der Waals surface area contributed by atoms with Crippen LogP contribution in [0.2, 0.25) is 0 Å². The van der Waals surface area contributed by atoms with Crippen molar-refractivity contribution in [2.24, 2.45) is 5.73 Å². The summed E-state index contributed by atoms with van der Waals surface area (Å²) in [6, 6.07) is 9.11. The van der Waals surface area contributed by atoms with E-state index in [-0.39, 0.29) is 11.9 Å².